The molecule has 1 atom stereocenters. The first kappa shape index (κ1) is 24.7. The van der Waals surface area contributed by atoms with E-state index in [1.807, 2.05) is 66.3 Å². The molecule has 1 saturated heterocycles. The number of aryl methyl sites for hydroxylation is 1. The highest BCUT2D eigenvalue weighted by Gasteiger charge is 2.25. The van der Waals surface area contributed by atoms with Crippen molar-refractivity contribution < 1.29 is 13.9 Å². The number of hydrogen-bond acceptors (Lipinski definition) is 6. The normalized spacial score (nSPS) is 15.2. The first-order valence-electron chi connectivity index (χ1n) is 12.5. The summed E-state index contributed by atoms with van der Waals surface area (Å²) in [5, 5.41) is 7.85. The number of furan rings is 1. The number of hydrogen-bond donors (Lipinski definition) is 1. The van der Waals surface area contributed by atoms with Gasteiger partial charge in [-0.2, -0.15) is 5.10 Å². The maximum atomic E-state index is 12.9. The van der Waals surface area contributed by atoms with Gasteiger partial charge >= 0.3 is 0 Å². The van der Waals surface area contributed by atoms with Gasteiger partial charge in [-0.15, -0.1) is 0 Å². The Balaban J connectivity index is 1.31. The van der Waals surface area contributed by atoms with Crippen LogP contribution in [0, 0.1) is 6.92 Å². The zero-order valence-corrected chi connectivity index (χ0v) is 20.9. The molecular weight excluding hydrogens is 466 g/mol. The smallest absolute Gasteiger partial charge is 0.244 e. The van der Waals surface area contributed by atoms with Crippen LogP contribution in [0.25, 0.3) is 17.3 Å². The molecule has 0 spiro atoms. The Morgan fingerprint density at radius 2 is 1.95 bits per heavy atom. The molecule has 1 N–H and O–H groups in total. The van der Waals surface area contributed by atoms with Crippen LogP contribution < -0.4 is 5.32 Å². The molecule has 0 radical (unpaired) electrons. The quantitative estimate of drug-likeness (QED) is 0.351. The number of morpholine rings is 1. The average Bonchev–Trinajstić information content (AvgIpc) is 3.55. The summed E-state index contributed by atoms with van der Waals surface area (Å²) in [5.41, 5.74) is 3.68. The standard InChI is InChI=1S/C29H31N5O3/c1-22-9-11-27(37-22)26(33-14-16-36-17-15-33)19-31-28(35)12-10-25-21-34(20-23-6-3-2-4-7-23)32-29(25)24-8-5-13-30-18-24/h2-13,18,21,26H,14-17,19-20H2,1H3,(H,31,35)/b12-10+. The van der Waals surface area contributed by atoms with Gasteiger partial charge in [0, 0.05) is 55.4 Å². The van der Waals surface area contributed by atoms with Gasteiger partial charge in [-0.1, -0.05) is 30.3 Å². The van der Waals surface area contributed by atoms with E-state index in [1.165, 1.54) is 0 Å². The molecule has 1 amide bonds. The number of carbonyl (C=O) groups is 1. The van der Waals surface area contributed by atoms with Crippen molar-refractivity contribution in [2.24, 2.45) is 0 Å². The number of carbonyl (C=O) groups excluding carboxylic acids is 1. The summed E-state index contributed by atoms with van der Waals surface area (Å²) >= 11 is 0. The molecule has 37 heavy (non-hydrogen) atoms. The molecule has 1 aliphatic heterocycles. The highest BCUT2D eigenvalue weighted by atomic mass is 16.5. The Morgan fingerprint density at radius 1 is 1.11 bits per heavy atom. The van der Waals surface area contributed by atoms with Crippen molar-refractivity contribution >= 4 is 12.0 Å². The second-order valence-electron chi connectivity index (χ2n) is 9.05. The number of amides is 1. The molecule has 3 aromatic heterocycles. The Kier molecular flexibility index (Phi) is 7.88. The molecule has 1 aliphatic rings. The summed E-state index contributed by atoms with van der Waals surface area (Å²) < 4.78 is 13.3. The highest BCUT2D eigenvalue weighted by Crippen LogP contribution is 2.24. The van der Waals surface area contributed by atoms with Crippen LogP contribution in [-0.4, -0.2) is 58.4 Å². The maximum absolute atomic E-state index is 12.9. The number of nitrogens with zero attached hydrogens (tertiary/aromatic N) is 4. The van der Waals surface area contributed by atoms with Crippen molar-refractivity contribution in [3.63, 3.8) is 0 Å². The molecule has 5 rings (SSSR count). The molecule has 0 bridgehead atoms. The average molecular weight is 498 g/mol. The minimum atomic E-state index is -0.172. The van der Waals surface area contributed by atoms with Gasteiger partial charge in [0.2, 0.25) is 5.91 Å². The largest absolute Gasteiger partial charge is 0.465 e. The topological polar surface area (TPSA) is 85.4 Å². The molecule has 0 aliphatic carbocycles. The van der Waals surface area contributed by atoms with E-state index in [-0.39, 0.29) is 11.9 Å². The van der Waals surface area contributed by atoms with E-state index in [0.717, 1.165) is 47.0 Å². The lowest BCUT2D eigenvalue weighted by Gasteiger charge is -2.33. The second-order valence-corrected chi connectivity index (χ2v) is 9.05. The number of pyridine rings is 1. The first-order valence-corrected chi connectivity index (χ1v) is 12.5. The minimum absolute atomic E-state index is 0.0467. The SMILES string of the molecule is Cc1ccc(C(CNC(=O)/C=C/c2cn(Cc3ccccc3)nc2-c2cccnc2)N2CCOCC2)o1. The molecule has 8 nitrogen and oxygen atoms in total. The van der Waals surface area contributed by atoms with Crippen LogP contribution in [0.3, 0.4) is 0 Å². The molecule has 190 valence electrons. The Morgan fingerprint density at radius 3 is 2.68 bits per heavy atom. The summed E-state index contributed by atoms with van der Waals surface area (Å²) in [7, 11) is 0. The minimum Gasteiger partial charge on any atom is -0.465 e. The fourth-order valence-electron chi connectivity index (χ4n) is 4.49. The van der Waals surface area contributed by atoms with Gasteiger partial charge in [0.1, 0.15) is 17.2 Å². The van der Waals surface area contributed by atoms with E-state index < -0.39 is 0 Å². The monoisotopic (exact) mass is 497 g/mol. The Hall–Kier alpha value is -4.01. The summed E-state index contributed by atoms with van der Waals surface area (Å²) in [6.07, 6.45) is 8.85. The fraction of sp³-hybridized carbons (Fsp3) is 0.276. The van der Waals surface area contributed by atoms with Gasteiger partial charge in [0.15, 0.2) is 0 Å². The third-order valence-electron chi connectivity index (χ3n) is 6.37. The fourth-order valence-corrected chi connectivity index (χ4v) is 4.49. The number of ether oxygens (including phenoxy) is 1. The van der Waals surface area contributed by atoms with E-state index in [0.29, 0.717) is 26.3 Å². The summed E-state index contributed by atoms with van der Waals surface area (Å²) in [5.74, 6) is 1.54. The first-order chi connectivity index (χ1) is 18.2. The Bertz CT molecular complexity index is 1320. The summed E-state index contributed by atoms with van der Waals surface area (Å²) in [6.45, 7) is 5.95. The van der Waals surface area contributed by atoms with Crippen LogP contribution in [0.15, 0.2) is 83.7 Å². The van der Waals surface area contributed by atoms with Crippen LogP contribution in [0.5, 0.6) is 0 Å². The lowest BCUT2D eigenvalue weighted by Crippen LogP contribution is -2.43. The van der Waals surface area contributed by atoms with Crippen molar-refractivity contribution in [2.45, 2.75) is 19.5 Å². The molecule has 1 unspecified atom stereocenters. The number of nitrogens with one attached hydrogen (secondary N) is 1. The zero-order valence-electron chi connectivity index (χ0n) is 20.9. The van der Waals surface area contributed by atoms with Gasteiger partial charge in [0.25, 0.3) is 0 Å². The van der Waals surface area contributed by atoms with E-state index in [4.69, 9.17) is 14.3 Å². The molecule has 1 aromatic carbocycles. The van der Waals surface area contributed by atoms with Gasteiger partial charge < -0.3 is 14.5 Å². The van der Waals surface area contributed by atoms with E-state index in [1.54, 1.807) is 18.5 Å². The van der Waals surface area contributed by atoms with Crippen LogP contribution in [0.4, 0.5) is 0 Å². The van der Waals surface area contributed by atoms with Crippen molar-refractivity contribution in [1.29, 1.82) is 0 Å². The van der Waals surface area contributed by atoms with E-state index >= 15 is 0 Å². The second kappa shape index (κ2) is 11.8. The number of benzene rings is 1. The van der Waals surface area contributed by atoms with Gasteiger partial charge in [-0.25, -0.2) is 0 Å². The van der Waals surface area contributed by atoms with Crippen molar-refractivity contribution in [3.8, 4) is 11.3 Å². The van der Waals surface area contributed by atoms with E-state index in [2.05, 4.69) is 27.3 Å². The number of rotatable bonds is 9. The predicted molar refractivity (Wildman–Crippen MR) is 142 cm³/mol. The third-order valence-corrected chi connectivity index (χ3v) is 6.37. The molecule has 1 fully saturated rings. The summed E-state index contributed by atoms with van der Waals surface area (Å²) in [6, 6.07) is 17.9. The lowest BCUT2D eigenvalue weighted by molar-refractivity contribution is -0.116. The maximum Gasteiger partial charge on any atom is 0.244 e. The van der Waals surface area contributed by atoms with Gasteiger partial charge in [0.05, 0.1) is 25.8 Å². The Labute approximate surface area is 216 Å². The molecule has 4 aromatic rings. The van der Waals surface area contributed by atoms with Gasteiger partial charge in [-0.3, -0.25) is 19.4 Å². The van der Waals surface area contributed by atoms with E-state index in [9.17, 15) is 4.79 Å². The number of aromatic nitrogens is 3. The lowest BCUT2D eigenvalue weighted by atomic mass is 10.1. The molecular formula is C29H31N5O3. The van der Waals surface area contributed by atoms with Crippen molar-refractivity contribution in [1.82, 2.24) is 25.0 Å². The highest BCUT2D eigenvalue weighted by molar-refractivity contribution is 5.92. The van der Waals surface area contributed by atoms with Crippen molar-refractivity contribution in [2.75, 3.05) is 32.8 Å². The van der Waals surface area contributed by atoms with Crippen LogP contribution in [0.2, 0.25) is 0 Å². The van der Waals surface area contributed by atoms with Crippen LogP contribution >= 0.6 is 0 Å². The van der Waals surface area contributed by atoms with Crippen LogP contribution in [0.1, 0.15) is 28.7 Å². The van der Waals surface area contributed by atoms with Crippen LogP contribution in [-0.2, 0) is 16.1 Å². The summed E-state index contributed by atoms with van der Waals surface area (Å²) in [4.78, 5) is 19.4. The predicted octanol–water partition coefficient (Wildman–Crippen LogP) is 4.10. The molecule has 0 saturated carbocycles. The molecule has 8 heteroatoms. The molecule has 4 heterocycles. The third kappa shape index (κ3) is 6.41. The zero-order chi connectivity index (χ0) is 25.5. The van der Waals surface area contributed by atoms with Crippen molar-refractivity contribution in [3.05, 3.63) is 102 Å². The van der Waals surface area contributed by atoms with Gasteiger partial charge in [-0.05, 0) is 42.8 Å².